The van der Waals surface area contributed by atoms with E-state index in [2.05, 4.69) is 113 Å². The van der Waals surface area contributed by atoms with Gasteiger partial charge in [0, 0.05) is 33.7 Å². The average Bonchev–Trinajstić information content (AvgIpc) is 3.54. The van der Waals surface area contributed by atoms with Crippen molar-refractivity contribution in [1.82, 2.24) is 9.97 Å². The van der Waals surface area contributed by atoms with Gasteiger partial charge in [-0.25, -0.2) is 0 Å². The zero-order valence-electron chi connectivity index (χ0n) is 30.5. The first-order chi connectivity index (χ1) is 24.6. The summed E-state index contributed by atoms with van der Waals surface area (Å²) < 4.78 is 21.3. The molecule has 0 unspecified atom stereocenters. The quantitative estimate of drug-likeness (QED) is 0.123. The summed E-state index contributed by atoms with van der Waals surface area (Å²) in [5.74, 6) is 7.20. The predicted octanol–water partition coefficient (Wildman–Crippen LogP) is 11.6. The minimum absolute atomic E-state index is 0. The summed E-state index contributed by atoms with van der Waals surface area (Å²) in [6, 6.07) is 50.8. The molecule has 1 radical (unpaired) electrons. The van der Waals surface area contributed by atoms with E-state index < -0.39 is 19.6 Å². The molecule has 8 aromatic rings. The molecule has 3 heterocycles. The van der Waals surface area contributed by atoms with Crippen LogP contribution in [0.1, 0.15) is 19.4 Å². The first kappa shape index (κ1) is 33.0. The molecule has 3 aromatic heterocycles. The van der Waals surface area contributed by atoms with Crippen molar-refractivity contribution in [2.24, 2.45) is 0 Å². The Balaban J connectivity index is 0.000000218. The van der Waals surface area contributed by atoms with Gasteiger partial charge in [-0.1, -0.05) is 84.2 Å². The van der Waals surface area contributed by atoms with Crippen LogP contribution >= 0.6 is 11.3 Å². The van der Waals surface area contributed by atoms with Gasteiger partial charge in [-0.15, -0.1) is 23.8 Å². The second-order valence-electron chi connectivity index (χ2n) is 13.1. The number of nitrogens with zero attached hydrogens (tertiary/aromatic N) is 2. The first-order valence-electron chi connectivity index (χ1n) is 17.5. The Morgan fingerprint density at radius 3 is 2.16 bits per heavy atom. The molecular weight excluding hydrogens is 865 g/mol. The number of aromatic nitrogens is 2. The molecule has 0 aliphatic heterocycles. The fourth-order valence-electron chi connectivity index (χ4n) is 6.12. The van der Waals surface area contributed by atoms with Gasteiger partial charge in [0.1, 0.15) is 0 Å². The SMILES string of the molecule is Cc1cc(-c2[c-]cccc2)nc[c]1[Ge]([CH3])([CH3])[CH3].[2H]C([2H])(c1ccccc1)c1ccnc(-c2[c-]ccc3c2sc2cc(-c4ccccc4)ccc23)c1.[Ir]. The monoisotopic (exact) mass is 907 g/mol. The minimum Gasteiger partial charge on any atom is -0.305 e. The van der Waals surface area contributed by atoms with E-state index in [1.165, 1.54) is 36.6 Å². The molecular formula is C45H38GeIrN2S-2. The number of aryl methyl sites for hydroxylation is 1. The topological polar surface area (TPSA) is 25.8 Å². The summed E-state index contributed by atoms with van der Waals surface area (Å²) in [4.78, 5) is 9.20. The van der Waals surface area contributed by atoms with E-state index in [-0.39, 0.29) is 20.1 Å². The van der Waals surface area contributed by atoms with E-state index in [1.54, 1.807) is 23.6 Å². The molecule has 8 rings (SSSR count). The number of hydrogen-bond acceptors (Lipinski definition) is 3. The molecule has 0 atom stereocenters. The van der Waals surface area contributed by atoms with E-state index in [9.17, 15) is 0 Å². The molecule has 0 saturated carbocycles. The van der Waals surface area contributed by atoms with Gasteiger partial charge in [-0.2, -0.15) is 11.3 Å². The summed E-state index contributed by atoms with van der Waals surface area (Å²) in [6.07, 6.45) is 2.15. The van der Waals surface area contributed by atoms with Gasteiger partial charge < -0.3 is 4.98 Å². The average molecular weight is 906 g/mol. The van der Waals surface area contributed by atoms with Crippen LogP contribution in [0.2, 0.25) is 17.3 Å². The third kappa shape index (κ3) is 8.06. The van der Waals surface area contributed by atoms with Crippen LogP contribution in [0.4, 0.5) is 0 Å². The second-order valence-corrected chi connectivity index (χ2v) is 24.7. The summed E-state index contributed by atoms with van der Waals surface area (Å²) in [7, 11) is 0. The van der Waals surface area contributed by atoms with Crippen LogP contribution < -0.4 is 4.40 Å². The number of pyridine rings is 2. The van der Waals surface area contributed by atoms with E-state index in [0.717, 1.165) is 27.2 Å². The maximum absolute atomic E-state index is 8.75. The van der Waals surface area contributed by atoms with E-state index >= 15 is 0 Å². The molecule has 5 aromatic carbocycles. The van der Waals surface area contributed by atoms with Crippen molar-refractivity contribution in [3.8, 4) is 33.6 Å². The van der Waals surface area contributed by atoms with Crippen LogP contribution in [0, 0.1) is 19.1 Å². The molecule has 0 aliphatic carbocycles. The van der Waals surface area contributed by atoms with E-state index in [1.807, 2.05) is 66.7 Å². The standard InChI is InChI=1S/C30H20NS.C15H18GeN.Ir/c1-3-8-21(9-4-1)18-22-16-17-31-28(19-22)27-13-7-12-26-25-15-14-24(20-29(25)32-30(26)27)23-10-5-2-6-11-23;1-12-10-15(13-8-6-5-7-9-13)17-11-14(12)16(2,3)4;/h1-12,14-17,19-20H,18H2;5-8,10-11H,1-4H3;/q2*-1;/i18D2;;. The van der Waals surface area contributed by atoms with Crippen LogP contribution in [0.5, 0.6) is 0 Å². The summed E-state index contributed by atoms with van der Waals surface area (Å²) in [5, 5.41) is 2.39. The molecule has 0 spiro atoms. The molecule has 0 fully saturated rings. The molecule has 50 heavy (non-hydrogen) atoms. The number of thiophene rings is 1. The van der Waals surface area contributed by atoms with Gasteiger partial charge in [0.05, 0.1) is 0 Å². The van der Waals surface area contributed by atoms with Crippen LogP contribution in [-0.4, -0.2) is 23.2 Å². The minimum atomic E-state index is -1.77. The summed E-state index contributed by atoms with van der Waals surface area (Å²) in [5.41, 5.74) is 8.73. The van der Waals surface area contributed by atoms with Crippen LogP contribution in [-0.2, 0) is 26.5 Å². The molecule has 5 heteroatoms. The smallest absolute Gasteiger partial charge is 0.0365 e. The third-order valence-electron chi connectivity index (χ3n) is 8.52. The Labute approximate surface area is 318 Å². The van der Waals surface area contributed by atoms with E-state index in [0.29, 0.717) is 11.1 Å². The molecule has 249 valence electrons. The normalized spacial score (nSPS) is 12.0. The number of benzene rings is 5. The van der Waals surface area contributed by atoms with Crippen molar-refractivity contribution in [3.05, 3.63) is 175 Å². The molecule has 0 aliphatic rings. The van der Waals surface area contributed by atoms with Crippen molar-refractivity contribution < 1.29 is 22.8 Å². The number of rotatable bonds is 6. The first-order valence-corrected chi connectivity index (χ1v) is 24.6. The van der Waals surface area contributed by atoms with Crippen LogP contribution in [0.25, 0.3) is 53.8 Å². The van der Waals surface area contributed by atoms with Gasteiger partial charge in [-0.3, -0.25) is 0 Å². The maximum atomic E-state index is 8.75. The number of fused-ring (bicyclic) bond motifs is 3. The predicted molar refractivity (Wildman–Crippen MR) is 212 cm³/mol. The van der Waals surface area contributed by atoms with E-state index in [4.69, 9.17) is 2.74 Å². The number of hydrogen-bond donors (Lipinski definition) is 0. The van der Waals surface area contributed by atoms with Gasteiger partial charge in [0.15, 0.2) is 0 Å². The van der Waals surface area contributed by atoms with Gasteiger partial charge in [-0.05, 0) is 56.5 Å². The fraction of sp³-hybridized carbons (Fsp3) is 0.111. The Hall–Kier alpha value is -4.19. The van der Waals surface area contributed by atoms with Crippen molar-refractivity contribution >= 4 is 49.2 Å². The molecule has 0 N–H and O–H groups in total. The zero-order chi connectivity index (χ0) is 35.6. The Kier molecular flexibility index (Phi) is 10.4. The van der Waals surface area contributed by atoms with Crippen LogP contribution in [0.3, 0.4) is 0 Å². The third-order valence-corrected chi connectivity index (χ3v) is 14.2. The molecule has 0 amide bonds. The Morgan fingerprint density at radius 2 is 1.44 bits per heavy atom. The fourth-order valence-corrected chi connectivity index (χ4v) is 10.9. The summed E-state index contributed by atoms with van der Waals surface area (Å²) >= 11 is -0.0359. The maximum Gasteiger partial charge on any atom is 0.0365 e. The molecule has 2 nitrogen and oxygen atoms in total. The Morgan fingerprint density at radius 1 is 0.680 bits per heavy atom. The molecule has 0 bridgehead atoms. The van der Waals surface area contributed by atoms with Gasteiger partial charge in [0.25, 0.3) is 0 Å². The molecule has 0 saturated heterocycles. The van der Waals surface area contributed by atoms with Crippen molar-refractivity contribution in [2.75, 3.05) is 0 Å². The Bertz CT molecular complexity index is 2440. The largest absolute Gasteiger partial charge is 0.305 e. The second kappa shape index (κ2) is 15.8. The zero-order valence-corrected chi connectivity index (χ0v) is 33.8. The van der Waals surface area contributed by atoms with Gasteiger partial charge >= 0.3 is 106 Å². The van der Waals surface area contributed by atoms with Crippen molar-refractivity contribution in [2.45, 2.75) is 30.6 Å². The summed E-state index contributed by atoms with van der Waals surface area (Å²) in [6.45, 7) is 2.19. The van der Waals surface area contributed by atoms with Crippen LogP contribution in [0.15, 0.2) is 146 Å². The van der Waals surface area contributed by atoms with Gasteiger partial charge in [0.2, 0.25) is 0 Å². The van der Waals surface area contributed by atoms with Crippen molar-refractivity contribution in [3.63, 3.8) is 0 Å². The van der Waals surface area contributed by atoms with Crippen molar-refractivity contribution in [1.29, 1.82) is 0 Å².